The van der Waals surface area contributed by atoms with Gasteiger partial charge in [-0.25, -0.2) is 0 Å². The summed E-state index contributed by atoms with van der Waals surface area (Å²) in [7, 11) is 0. The first-order valence-corrected chi connectivity index (χ1v) is 6.44. The summed E-state index contributed by atoms with van der Waals surface area (Å²) in [6.45, 7) is 4.35. The van der Waals surface area contributed by atoms with Gasteiger partial charge in [0, 0.05) is 12.1 Å². The van der Waals surface area contributed by atoms with Crippen LogP contribution in [0.3, 0.4) is 0 Å². The van der Waals surface area contributed by atoms with Crippen molar-refractivity contribution in [1.29, 1.82) is 0 Å². The molecule has 0 radical (unpaired) electrons. The highest BCUT2D eigenvalue weighted by atomic mass is 16.6. The highest BCUT2D eigenvalue weighted by Crippen LogP contribution is 2.24. The summed E-state index contributed by atoms with van der Waals surface area (Å²) in [5.74, 6) is 0.342. The zero-order valence-corrected chi connectivity index (χ0v) is 11.8. The van der Waals surface area contributed by atoms with Gasteiger partial charge in [0.1, 0.15) is 12.4 Å². The molecule has 0 atom stereocenters. The second-order valence-corrected chi connectivity index (χ2v) is 4.80. The molecule has 0 aliphatic carbocycles. The van der Waals surface area contributed by atoms with Crippen LogP contribution in [0.5, 0.6) is 5.75 Å². The van der Waals surface area contributed by atoms with Crippen LogP contribution in [0, 0.1) is 24.0 Å². The number of rotatable bonds is 5. The molecule has 0 aromatic heterocycles. The van der Waals surface area contributed by atoms with Gasteiger partial charge in [-0.15, -0.1) is 0 Å². The molecule has 0 unspecified atom stereocenters. The number of hydrogen-bond donors (Lipinski definition) is 0. The van der Waals surface area contributed by atoms with Gasteiger partial charge in [-0.1, -0.05) is 18.2 Å². The minimum atomic E-state index is -0.542. The number of nitro benzene ring substituents is 1. The van der Waals surface area contributed by atoms with Crippen LogP contribution in [0.2, 0.25) is 0 Å². The molecule has 0 spiro atoms. The quantitative estimate of drug-likeness (QED) is 0.478. The highest BCUT2D eigenvalue weighted by molar-refractivity contribution is 5.80. The average Bonchev–Trinajstić information content (AvgIpc) is 2.48. The van der Waals surface area contributed by atoms with Crippen LogP contribution in [0.4, 0.5) is 5.69 Å². The lowest BCUT2D eigenvalue weighted by Crippen LogP contribution is -2.00. The Labute approximate surface area is 122 Å². The van der Waals surface area contributed by atoms with Crippen LogP contribution < -0.4 is 4.74 Å². The molecule has 0 fully saturated rings. The number of nitro groups is 1. The van der Waals surface area contributed by atoms with Gasteiger partial charge in [-0.2, -0.15) is 0 Å². The van der Waals surface area contributed by atoms with E-state index >= 15 is 0 Å². The fourth-order valence-electron chi connectivity index (χ4n) is 1.93. The van der Waals surface area contributed by atoms with Gasteiger partial charge in [0.05, 0.1) is 10.5 Å². The molecule has 2 aromatic carbocycles. The van der Waals surface area contributed by atoms with Gasteiger partial charge >= 0.3 is 0 Å². The summed E-state index contributed by atoms with van der Waals surface area (Å²) in [6.07, 6.45) is 0.558. The van der Waals surface area contributed by atoms with Crippen LogP contribution in [0.25, 0.3) is 0 Å². The summed E-state index contributed by atoms with van der Waals surface area (Å²) >= 11 is 0. The molecule has 2 rings (SSSR count). The third kappa shape index (κ3) is 3.45. The monoisotopic (exact) mass is 285 g/mol. The number of ether oxygens (including phenoxy) is 1. The first-order valence-electron chi connectivity index (χ1n) is 6.44. The average molecular weight is 285 g/mol. The maximum Gasteiger partial charge on any atom is 0.270 e. The zero-order chi connectivity index (χ0) is 15.4. The van der Waals surface area contributed by atoms with E-state index in [0.29, 0.717) is 18.6 Å². The first kappa shape index (κ1) is 14.7. The molecule has 5 nitrogen and oxygen atoms in total. The summed E-state index contributed by atoms with van der Waals surface area (Å²) in [5.41, 5.74) is 3.38. The normalized spacial score (nSPS) is 10.2. The predicted octanol–water partition coefficient (Wildman–Crippen LogP) is 3.60. The topological polar surface area (TPSA) is 69.4 Å². The number of nitrogens with zero attached hydrogens (tertiary/aromatic N) is 1. The molecule has 0 saturated carbocycles. The third-order valence-corrected chi connectivity index (χ3v) is 3.30. The summed E-state index contributed by atoms with van der Waals surface area (Å²) in [5, 5.41) is 10.7. The van der Waals surface area contributed by atoms with Crippen LogP contribution in [0.1, 0.15) is 27.0 Å². The molecule has 5 heteroatoms. The molecule has 0 bridgehead atoms. The molecule has 0 heterocycles. The molecular weight excluding hydrogens is 270 g/mol. The largest absolute Gasteiger partial charge is 0.488 e. The highest BCUT2D eigenvalue weighted by Gasteiger charge is 2.11. The Morgan fingerprint density at radius 1 is 1.14 bits per heavy atom. The molecular formula is C16H15NO4. The van der Waals surface area contributed by atoms with Crippen molar-refractivity contribution in [3.8, 4) is 5.75 Å². The summed E-state index contributed by atoms with van der Waals surface area (Å²) in [6, 6.07) is 9.95. The fourth-order valence-corrected chi connectivity index (χ4v) is 1.93. The SMILES string of the molecule is Cc1ccc(COc2ccc([N+](=O)[O-])cc2C=O)cc1C. The minimum Gasteiger partial charge on any atom is -0.488 e. The predicted molar refractivity (Wildman–Crippen MR) is 78.7 cm³/mol. The Hall–Kier alpha value is -2.69. The Balaban J connectivity index is 2.17. The Morgan fingerprint density at radius 2 is 1.90 bits per heavy atom. The zero-order valence-electron chi connectivity index (χ0n) is 11.8. The summed E-state index contributed by atoms with van der Waals surface area (Å²) < 4.78 is 5.59. The molecule has 108 valence electrons. The summed E-state index contributed by atoms with van der Waals surface area (Å²) in [4.78, 5) is 21.1. The van der Waals surface area contributed by atoms with E-state index in [1.807, 2.05) is 32.0 Å². The molecule has 0 N–H and O–H groups in total. The first-order chi connectivity index (χ1) is 10.0. The van der Waals surface area contributed by atoms with E-state index in [-0.39, 0.29) is 11.3 Å². The molecule has 0 aliphatic rings. The maximum absolute atomic E-state index is 11.0. The van der Waals surface area contributed by atoms with Gasteiger partial charge in [-0.05, 0) is 36.6 Å². The van der Waals surface area contributed by atoms with Crippen LogP contribution in [-0.2, 0) is 6.61 Å². The number of carbonyl (C=O) groups excluding carboxylic acids is 1. The van der Waals surface area contributed by atoms with E-state index < -0.39 is 4.92 Å². The molecule has 0 aliphatic heterocycles. The lowest BCUT2D eigenvalue weighted by atomic mass is 10.1. The molecule has 0 amide bonds. The van der Waals surface area contributed by atoms with Crippen molar-refractivity contribution in [1.82, 2.24) is 0 Å². The number of aldehydes is 1. The van der Waals surface area contributed by atoms with E-state index in [0.717, 1.165) is 11.1 Å². The number of benzene rings is 2. The van der Waals surface area contributed by atoms with Crippen molar-refractivity contribution in [2.45, 2.75) is 20.5 Å². The lowest BCUT2D eigenvalue weighted by molar-refractivity contribution is -0.384. The Morgan fingerprint density at radius 3 is 2.52 bits per heavy atom. The minimum absolute atomic E-state index is 0.129. The third-order valence-electron chi connectivity index (χ3n) is 3.30. The number of hydrogen-bond acceptors (Lipinski definition) is 4. The lowest BCUT2D eigenvalue weighted by Gasteiger charge is -2.09. The Bertz CT molecular complexity index is 695. The van der Waals surface area contributed by atoms with Gasteiger partial charge in [0.2, 0.25) is 0 Å². The fraction of sp³-hybridized carbons (Fsp3) is 0.188. The van der Waals surface area contributed by atoms with E-state index in [1.165, 1.54) is 23.8 Å². The van der Waals surface area contributed by atoms with Crippen molar-refractivity contribution in [2.75, 3.05) is 0 Å². The van der Waals surface area contributed by atoms with Crippen molar-refractivity contribution in [3.63, 3.8) is 0 Å². The van der Waals surface area contributed by atoms with Crippen LogP contribution >= 0.6 is 0 Å². The van der Waals surface area contributed by atoms with Crippen molar-refractivity contribution < 1.29 is 14.5 Å². The van der Waals surface area contributed by atoms with Gasteiger partial charge in [-0.3, -0.25) is 14.9 Å². The second-order valence-electron chi connectivity index (χ2n) is 4.80. The van der Waals surface area contributed by atoms with Crippen LogP contribution in [-0.4, -0.2) is 11.2 Å². The van der Waals surface area contributed by atoms with Crippen molar-refractivity contribution in [2.24, 2.45) is 0 Å². The smallest absolute Gasteiger partial charge is 0.270 e. The number of aryl methyl sites for hydroxylation is 2. The number of non-ortho nitro benzene ring substituents is 1. The van der Waals surface area contributed by atoms with Gasteiger partial charge in [0.25, 0.3) is 5.69 Å². The molecule has 0 saturated heterocycles. The van der Waals surface area contributed by atoms with E-state index in [9.17, 15) is 14.9 Å². The second kappa shape index (κ2) is 6.17. The van der Waals surface area contributed by atoms with Crippen molar-refractivity contribution in [3.05, 3.63) is 68.8 Å². The molecule has 2 aromatic rings. The molecule has 21 heavy (non-hydrogen) atoms. The van der Waals surface area contributed by atoms with Crippen LogP contribution in [0.15, 0.2) is 36.4 Å². The van der Waals surface area contributed by atoms with Gasteiger partial charge in [0.15, 0.2) is 6.29 Å². The van der Waals surface area contributed by atoms with E-state index in [4.69, 9.17) is 4.74 Å². The van der Waals surface area contributed by atoms with E-state index in [2.05, 4.69) is 0 Å². The van der Waals surface area contributed by atoms with Crippen molar-refractivity contribution >= 4 is 12.0 Å². The maximum atomic E-state index is 11.0. The van der Waals surface area contributed by atoms with Gasteiger partial charge < -0.3 is 4.74 Å². The van der Waals surface area contributed by atoms with E-state index in [1.54, 1.807) is 0 Å². The number of carbonyl (C=O) groups is 1. The Kier molecular flexibility index (Phi) is 4.33. The standard InChI is InChI=1S/C16H15NO4/c1-11-3-4-13(7-12(11)2)10-21-16-6-5-15(17(19)20)8-14(16)9-18/h3-9H,10H2,1-2H3.